The summed E-state index contributed by atoms with van der Waals surface area (Å²) in [4.78, 5) is 71.3. The largest absolute Gasteiger partial charge is 0.462 e. The van der Waals surface area contributed by atoms with Gasteiger partial charge in [0.05, 0.1) is 53.6 Å². The van der Waals surface area contributed by atoms with E-state index in [1.165, 1.54) is 39.4 Å². The molecule has 5 bridgehead atoms. The first-order valence-electron chi connectivity index (χ1n) is 25.5. The summed E-state index contributed by atoms with van der Waals surface area (Å²) in [6, 6.07) is 21.1. The Labute approximate surface area is 444 Å². The third-order valence-electron chi connectivity index (χ3n) is 14.6. The number of aryl methyl sites for hydroxylation is 3. The maximum Gasteiger partial charge on any atom is 0.343 e. The molecular weight excluding hydrogens is 971 g/mol. The van der Waals surface area contributed by atoms with Crippen LogP contribution in [-0.4, -0.2) is 77.1 Å². The number of nitrogens with one attached hydrogen (secondary N) is 1. The van der Waals surface area contributed by atoms with Crippen LogP contribution in [0.25, 0.3) is 0 Å². The van der Waals surface area contributed by atoms with Gasteiger partial charge in [-0.3, -0.25) is 14.4 Å². The number of ketones is 1. The highest BCUT2D eigenvalue weighted by Gasteiger charge is 2.53. The second-order valence-corrected chi connectivity index (χ2v) is 20.4. The summed E-state index contributed by atoms with van der Waals surface area (Å²) in [5.74, 6) is -8.23. The number of amides is 1. The number of allylic oxidation sites excluding steroid dienone is 2. The Hall–Kier alpha value is -7.17. The van der Waals surface area contributed by atoms with Crippen LogP contribution in [0.2, 0.25) is 0 Å². The number of esters is 3. The van der Waals surface area contributed by atoms with Gasteiger partial charge >= 0.3 is 23.7 Å². The van der Waals surface area contributed by atoms with Gasteiger partial charge in [0.1, 0.15) is 29.8 Å². The molecule has 11 atom stereocenters. The van der Waals surface area contributed by atoms with E-state index < -0.39 is 95.7 Å². The molecule has 1 amide bonds. The van der Waals surface area contributed by atoms with Gasteiger partial charge in [-0.05, 0) is 76.6 Å². The van der Waals surface area contributed by atoms with E-state index in [2.05, 4.69) is 5.32 Å². The molecule has 0 spiro atoms. The van der Waals surface area contributed by atoms with E-state index in [9.17, 15) is 29.4 Å². The van der Waals surface area contributed by atoms with Crippen LogP contribution in [0.3, 0.4) is 0 Å². The van der Waals surface area contributed by atoms with Crippen LogP contribution in [0, 0.1) is 51.4 Å². The highest BCUT2D eigenvalue weighted by molar-refractivity contribution is 6.09. The fourth-order valence-corrected chi connectivity index (χ4v) is 9.83. The van der Waals surface area contributed by atoms with E-state index in [-0.39, 0.29) is 62.8 Å². The molecule has 7 rings (SSSR count). The third-order valence-corrected chi connectivity index (χ3v) is 14.6. The van der Waals surface area contributed by atoms with Gasteiger partial charge in [0.2, 0.25) is 0 Å². The molecule has 15 heteroatoms. The minimum absolute atomic E-state index is 0.0306. The molecule has 2 heterocycles. The Kier molecular flexibility index (Phi) is 17.7. The fourth-order valence-electron chi connectivity index (χ4n) is 9.83. The summed E-state index contributed by atoms with van der Waals surface area (Å²) in [5.41, 5.74) is 4.59. The van der Waals surface area contributed by atoms with Crippen molar-refractivity contribution in [2.45, 2.75) is 125 Å². The summed E-state index contributed by atoms with van der Waals surface area (Å²) >= 11 is 0. The Morgan fingerprint density at radius 3 is 1.92 bits per heavy atom. The molecule has 15 nitrogen and oxygen atoms in total. The van der Waals surface area contributed by atoms with Crippen molar-refractivity contribution in [2.24, 2.45) is 23.7 Å². The van der Waals surface area contributed by atoms with Crippen LogP contribution in [-0.2, 0) is 39.9 Å². The Bertz CT molecular complexity index is 2950. The summed E-state index contributed by atoms with van der Waals surface area (Å²) in [7, 11) is 1.45. The standard InChI is InChI=1S/C61H69NO14/c1-32-16-22-42(23-17-32)31-71-56-45-30-47(74-59(68)43-24-18-33(2)19-25-43)48-49(56)54(75-60(69)44-26-20-34(3)21-27-44)40(9)55-50(48)57(66)61(11,76-55)72-29-28-46(70-12)37(6)53(73-41(10)63)39(8)52(65)38(7)51(64)35(4)14-13-15-36(5)58(67)62-45/h13-30,35,37-39,46-47,51-53,56,64-65H,31H2,1-12H3,(H,62,67). The normalized spacial score (nSPS) is 26.8. The average Bonchev–Trinajstić information content (AvgIpc) is 3.65. The molecule has 76 heavy (non-hydrogen) atoms. The lowest BCUT2D eigenvalue weighted by Crippen LogP contribution is -2.46. The second-order valence-electron chi connectivity index (χ2n) is 20.4. The molecule has 11 unspecified atom stereocenters. The van der Waals surface area contributed by atoms with Crippen molar-refractivity contribution in [2.75, 3.05) is 7.11 Å². The molecule has 3 aliphatic rings. The highest BCUT2D eigenvalue weighted by Crippen LogP contribution is 2.54. The summed E-state index contributed by atoms with van der Waals surface area (Å²) < 4.78 is 44.3. The number of carbonyl (C=O) groups is 5. The van der Waals surface area contributed by atoms with Crippen molar-refractivity contribution in [3.63, 3.8) is 0 Å². The number of benzene rings is 4. The lowest BCUT2D eigenvalue weighted by molar-refractivity contribution is -0.160. The molecule has 402 valence electrons. The van der Waals surface area contributed by atoms with E-state index in [0.717, 1.165) is 22.3 Å². The highest BCUT2D eigenvalue weighted by atomic mass is 16.7. The molecule has 0 saturated heterocycles. The van der Waals surface area contributed by atoms with Crippen LogP contribution in [0.4, 0.5) is 0 Å². The summed E-state index contributed by atoms with van der Waals surface area (Å²) in [5, 5.41) is 26.3. The predicted octanol–water partition coefficient (Wildman–Crippen LogP) is 9.86. The Morgan fingerprint density at radius 1 is 0.737 bits per heavy atom. The van der Waals surface area contributed by atoms with Crippen molar-refractivity contribution in [1.82, 2.24) is 5.32 Å². The SMILES string of the molecule is COC1C=COC2(C)Oc3c(C)c(OC(=O)c4ccc(C)cc4)c4c(c3C2=O)C(OC(=O)c2ccc(C)cc2)C=C(NC(=O)C(C)=CC=CC(C)C(O)C(C)C(O)C(C)C(OC(C)=O)C1C)C4OCc1ccc(C)cc1. The summed E-state index contributed by atoms with van der Waals surface area (Å²) in [6.45, 7) is 18.5. The molecule has 2 aliphatic heterocycles. The molecule has 4 aromatic carbocycles. The van der Waals surface area contributed by atoms with Gasteiger partial charge in [-0.1, -0.05) is 111 Å². The van der Waals surface area contributed by atoms with Gasteiger partial charge in [0.15, 0.2) is 0 Å². The van der Waals surface area contributed by atoms with Crippen LogP contribution in [0.1, 0.15) is 131 Å². The number of hydrogen-bond donors (Lipinski definition) is 3. The number of fused-ring (bicyclic) bond motifs is 2. The maximum atomic E-state index is 15.4. The molecule has 3 N–H and O–H groups in total. The van der Waals surface area contributed by atoms with Gasteiger partial charge in [0.25, 0.3) is 11.7 Å². The summed E-state index contributed by atoms with van der Waals surface area (Å²) in [6.07, 6.45) is 2.41. The number of aliphatic hydroxyl groups excluding tert-OH is 2. The maximum absolute atomic E-state index is 15.4. The zero-order valence-corrected chi connectivity index (χ0v) is 45.2. The van der Waals surface area contributed by atoms with E-state index in [0.29, 0.717) is 0 Å². The predicted molar refractivity (Wildman–Crippen MR) is 283 cm³/mol. The smallest absolute Gasteiger partial charge is 0.343 e. The Morgan fingerprint density at radius 2 is 1.33 bits per heavy atom. The average molecular weight is 1040 g/mol. The number of hydrogen-bond acceptors (Lipinski definition) is 14. The number of Topliss-reactive ketones (excluding diaryl/α,β-unsaturated/α-hetero) is 1. The van der Waals surface area contributed by atoms with Gasteiger partial charge in [-0.15, -0.1) is 0 Å². The van der Waals surface area contributed by atoms with Gasteiger partial charge in [-0.2, -0.15) is 0 Å². The van der Waals surface area contributed by atoms with Gasteiger partial charge < -0.3 is 48.7 Å². The van der Waals surface area contributed by atoms with Gasteiger partial charge in [-0.25, -0.2) is 9.59 Å². The minimum atomic E-state index is -2.11. The van der Waals surface area contributed by atoms with Crippen LogP contribution in [0.5, 0.6) is 11.5 Å². The Balaban J connectivity index is 1.47. The first-order valence-corrected chi connectivity index (χ1v) is 25.5. The van der Waals surface area contributed by atoms with E-state index >= 15 is 4.79 Å². The van der Waals surface area contributed by atoms with Crippen LogP contribution in [0.15, 0.2) is 121 Å². The minimum Gasteiger partial charge on any atom is -0.462 e. The van der Waals surface area contributed by atoms with Crippen LogP contribution < -0.4 is 14.8 Å². The number of aliphatic hydroxyl groups is 2. The second kappa shape index (κ2) is 23.8. The quantitative estimate of drug-likeness (QED) is 0.106. The monoisotopic (exact) mass is 1040 g/mol. The first-order chi connectivity index (χ1) is 36.0. The number of carbonyl (C=O) groups excluding carboxylic acids is 5. The molecule has 0 fully saturated rings. The number of ether oxygens (including phenoxy) is 7. The molecule has 1 aliphatic carbocycles. The first kappa shape index (κ1) is 56.6. The third kappa shape index (κ3) is 12.2. The molecule has 4 aromatic rings. The van der Waals surface area contributed by atoms with Gasteiger partial charge in [0, 0.05) is 66.9 Å². The molecule has 0 aromatic heterocycles. The van der Waals surface area contributed by atoms with E-state index in [1.54, 1.807) is 108 Å². The topological polar surface area (TPSA) is 202 Å². The van der Waals surface area contributed by atoms with Crippen molar-refractivity contribution >= 4 is 29.6 Å². The number of rotatable bonds is 9. The lowest BCUT2D eigenvalue weighted by atomic mass is 9.78. The number of methoxy groups -OCH3 is 1. The lowest BCUT2D eigenvalue weighted by Gasteiger charge is -2.38. The van der Waals surface area contributed by atoms with E-state index in [1.807, 2.05) is 45.0 Å². The fraction of sp³-hybridized carbons (Fsp3) is 0.393. The van der Waals surface area contributed by atoms with Crippen LogP contribution >= 0.6 is 0 Å². The van der Waals surface area contributed by atoms with Crippen molar-refractivity contribution in [1.29, 1.82) is 0 Å². The zero-order chi connectivity index (χ0) is 55.3. The van der Waals surface area contributed by atoms with E-state index in [4.69, 9.17) is 33.2 Å². The van der Waals surface area contributed by atoms with Crippen molar-refractivity contribution < 1.29 is 67.3 Å². The molecule has 0 saturated carbocycles. The molecular formula is C61H69NO14. The zero-order valence-electron chi connectivity index (χ0n) is 45.2. The van der Waals surface area contributed by atoms with Crippen molar-refractivity contribution in [3.8, 4) is 11.5 Å². The van der Waals surface area contributed by atoms with Crippen molar-refractivity contribution in [3.05, 3.63) is 176 Å². The molecule has 0 radical (unpaired) electrons.